The van der Waals surface area contributed by atoms with E-state index in [1.165, 1.54) is 22.9 Å². The Balaban J connectivity index is 1.60. The molecule has 0 saturated carbocycles. The highest BCUT2D eigenvalue weighted by Crippen LogP contribution is 2.24. The molecule has 1 amide bonds. The molecule has 0 aliphatic heterocycles. The highest BCUT2D eigenvalue weighted by Gasteiger charge is 2.15. The number of aryl methyl sites for hydroxylation is 3. The molecule has 1 N–H and O–H groups in total. The molecule has 0 aliphatic rings. The monoisotopic (exact) mass is 380 g/mol. The summed E-state index contributed by atoms with van der Waals surface area (Å²) in [6.07, 6.45) is 0.828. The fourth-order valence-corrected chi connectivity index (χ4v) is 3.67. The number of benzene rings is 2. The molecule has 0 unspecified atom stereocenters. The van der Waals surface area contributed by atoms with Crippen molar-refractivity contribution in [2.75, 3.05) is 12.3 Å². The third kappa shape index (κ3) is 4.98. The van der Waals surface area contributed by atoms with Gasteiger partial charge in [0.15, 0.2) is 5.16 Å². The zero-order valence-electron chi connectivity index (χ0n) is 15.9. The molecule has 0 saturated heterocycles. The first-order valence-corrected chi connectivity index (χ1v) is 9.96. The number of amides is 1. The Morgan fingerprint density at radius 3 is 2.63 bits per heavy atom. The molecule has 1 heterocycles. The molecular formula is C21H24N4OS. The topological polar surface area (TPSA) is 59.8 Å². The maximum absolute atomic E-state index is 12.2. The van der Waals surface area contributed by atoms with E-state index in [9.17, 15) is 4.79 Å². The van der Waals surface area contributed by atoms with Gasteiger partial charge in [0.2, 0.25) is 5.91 Å². The second kappa shape index (κ2) is 8.86. The van der Waals surface area contributed by atoms with E-state index in [1.54, 1.807) is 0 Å². The van der Waals surface area contributed by atoms with Crippen LogP contribution in [0, 0.1) is 20.8 Å². The van der Waals surface area contributed by atoms with Crippen molar-refractivity contribution in [3.05, 3.63) is 71.0 Å². The van der Waals surface area contributed by atoms with Gasteiger partial charge in [-0.15, -0.1) is 10.2 Å². The van der Waals surface area contributed by atoms with Crippen molar-refractivity contribution in [3.63, 3.8) is 0 Å². The van der Waals surface area contributed by atoms with Crippen molar-refractivity contribution in [2.24, 2.45) is 0 Å². The minimum Gasteiger partial charge on any atom is -0.355 e. The summed E-state index contributed by atoms with van der Waals surface area (Å²) in [4.78, 5) is 12.2. The van der Waals surface area contributed by atoms with Crippen LogP contribution in [0.4, 0.5) is 0 Å². The van der Waals surface area contributed by atoms with Crippen molar-refractivity contribution in [1.29, 1.82) is 0 Å². The van der Waals surface area contributed by atoms with Gasteiger partial charge in [0.05, 0.1) is 11.4 Å². The van der Waals surface area contributed by atoms with E-state index in [4.69, 9.17) is 0 Å². The van der Waals surface area contributed by atoms with Gasteiger partial charge in [-0.05, 0) is 49.9 Å². The number of aromatic nitrogens is 3. The van der Waals surface area contributed by atoms with Crippen LogP contribution >= 0.6 is 11.8 Å². The van der Waals surface area contributed by atoms with Crippen LogP contribution in [0.5, 0.6) is 0 Å². The molecule has 1 aromatic heterocycles. The Morgan fingerprint density at radius 2 is 1.85 bits per heavy atom. The summed E-state index contributed by atoms with van der Waals surface area (Å²) in [5.41, 5.74) is 4.61. The van der Waals surface area contributed by atoms with Crippen LogP contribution in [0.2, 0.25) is 0 Å². The van der Waals surface area contributed by atoms with Crippen LogP contribution < -0.4 is 5.32 Å². The lowest BCUT2D eigenvalue weighted by Crippen LogP contribution is -2.27. The molecular weight excluding hydrogens is 356 g/mol. The lowest BCUT2D eigenvalue weighted by atomic mass is 10.1. The number of carbonyl (C=O) groups excluding carboxylic acids is 1. The minimum absolute atomic E-state index is 0.00379. The third-order valence-electron chi connectivity index (χ3n) is 4.31. The third-order valence-corrected chi connectivity index (χ3v) is 5.24. The van der Waals surface area contributed by atoms with Crippen molar-refractivity contribution >= 4 is 17.7 Å². The highest BCUT2D eigenvalue weighted by atomic mass is 32.2. The number of rotatable bonds is 7. The predicted octanol–water partition coefficient (Wildman–Crippen LogP) is 3.64. The van der Waals surface area contributed by atoms with Crippen LogP contribution in [0.3, 0.4) is 0 Å². The number of thioether (sulfide) groups is 1. The van der Waals surface area contributed by atoms with Gasteiger partial charge in [0.1, 0.15) is 5.82 Å². The normalized spacial score (nSPS) is 10.8. The molecule has 0 atom stereocenters. The Bertz CT molecular complexity index is 921. The summed E-state index contributed by atoms with van der Waals surface area (Å²) >= 11 is 1.41. The van der Waals surface area contributed by atoms with Crippen LogP contribution in [-0.4, -0.2) is 33.0 Å². The number of nitrogens with one attached hydrogen (secondary N) is 1. The van der Waals surface area contributed by atoms with Gasteiger partial charge in [-0.3, -0.25) is 9.36 Å². The van der Waals surface area contributed by atoms with Crippen LogP contribution in [0.1, 0.15) is 22.5 Å². The first kappa shape index (κ1) is 19.2. The average Bonchev–Trinajstić information content (AvgIpc) is 3.03. The number of hydrogen-bond donors (Lipinski definition) is 1. The lowest BCUT2D eigenvalue weighted by Gasteiger charge is -2.12. The Hall–Kier alpha value is -2.60. The van der Waals surface area contributed by atoms with Gasteiger partial charge in [-0.2, -0.15) is 0 Å². The van der Waals surface area contributed by atoms with E-state index in [0.717, 1.165) is 28.7 Å². The standard InChI is InChI=1S/C21H24N4OS/c1-15-9-10-16(2)19(13-15)25-17(3)23-24-21(25)27-14-20(26)22-12-11-18-7-5-4-6-8-18/h4-10,13H,11-12,14H2,1-3H3,(H,22,26). The van der Waals surface area contributed by atoms with Gasteiger partial charge in [0, 0.05) is 6.54 Å². The number of hydrogen-bond acceptors (Lipinski definition) is 4. The molecule has 27 heavy (non-hydrogen) atoms. The minimum atomic E-state index is 0.00379. The number of nitrogens with zero attached hydrogens (tertiary/aromatic N) is 3. The van der Waals surface area contributed by atoms with Gasteiger partial charge < -0.3 is 5.32 Å². The summed E-state index contributed by atoms with van der Waals surface area (Å²) in [5, 5.41) is 12.2. The van der Waals surface area contributed by atoms with E-state index in [-0.39, 0.29) is 5.91 Å². The molecule has 0 fully saturated rings. The smallest absolute Gasteiger partial charge is 0.230 e. The number of carbonyl (C=O) groups is 1. The summed E-state index contributed by atoms with van der Waals surface area (Å²) in [6, 6.07) is 16.4. The summed E-state index contributed by atoms with van der Waals surface area (Å²) in [6.45, 7) is 6.69. The largest absolute Gasteiger partial charge is 0.355 e. The van der Waals surface area contributed by atoms with Gasteiger partial charge in [-0.1, -0.05) is 54.2 Å². The van der Waals surface area contributed by atoms with Gasteiger partial charge in [0.25, 0.3) is 0 Å². The molecule has 5 nitrogen and oxygen atoms in total. The Morgan fingerprint density at radius 1 is 1.07 bits per heavy atom. The molecule has 0 bridgehead atoms. The van der Waals surface area contributed by atoms with E-state index < -0.39 is 0 Å². The van der Waals surface area contributed by atoms with Crippen LogP contribution in [0.15, 0.2) is 53.7 Å². The molecule has 3 rings (SSSR count). The first-order valence-electron chi connectivity index (χ1n) is 8.97. The summed E-state index contributed by atoms with van der Waals surface area (Å²) < 4.78 is 2.02. The van der Waals surface area contributed by atoms with E-state index in [0.29, 0.717) is 12.3 Å². The average molecular weight is 381 g/mol. The molecule has 0 spiro atoms. The fourth-order valence-electron chi connectivity index (χ4n) is 2.85. The molecule has 140 valence electrons. The quantitative estimate of drug-likeness (QED) is 0.636. The maximum Gasteiger partial charge on any atom is 0.230 e. The first-order chi connectivity index (χ1) is 13.0. The zero-order valence-corrected chi connectivity index (χ0v) is 16.7. The van der Waals surface area contributed by atoms with E-state index in [1.807, 2.05) is 29.7 Å². The Kier molecular flexibility index (Phi) is 6.29. The maximum atomic E-state index is 12.2. The van der Waals surface area contributed by atoms with Crippen LogP contribution in [-0.2, 0) is 11.2 Å². The zero-order chi connectivity index (χ0) is 19.2. The van der Waals surface area contributed by atoms with E-state index in [2.05, 4.69) is 59.7 Å². The summed E-state index contributed by atoms with van der Waals surface area (Å²) in [5.74, 6) is 1.14. The lowest BCUT2D eigenvalue weighted by molar-refractivity contribution is -0.118. The second-order valence-electron chi connectivity index (χ2n) is 6.53. The predicted molar refractivity (Wildman–Crippen MR) is 109 cm³/mol. The molecule has 0 radical (unpaired) electrons. The fraction of sp³-hybridized carbons (Fsp3) is 0.286. The van der Waals surface area contributed by atoms with Gasteiger partial charge in [-0.25, -0.2) is 0 Å². The van der Waals surface area contributed by atoms with Crippen molar-refractivity contribution in [2.45, 2.75) is 32.3 Å². The van der Waals surface area contributed by atoms with Crippen molar-refractivity contribution in [3.8, 4) is 5.69 Å². The van der Waals surface area contributed by atoms with Crippen LogP contribution in [0.25, 0.3) is 5.69 Å². The summed E-state index contributed by atoms with van der Waals surface area (Å²) in [7, 11) is 0. The van der Waals surface area contributed by atoms with Gasteiger partial charge >= 0.3 is 0 Å². The molecule has 2 aromatic carbocycles. The Labute approximate surface area is 164 Å². The SMILES string of the molecule is Cc1ccc(C)c(-n2c(C)nnc2SCC(=O)NCCc2ccccc2)c1. The molecule has 3 aromatic rings. The van der Waals surface area contributed by atoms with Crippen molar-refractivity contribution < 1.29 is 4.79 Å². The molecule has 0 aliphatic carbocycles. The van der Waals surface area contributed by atoms with E-state index >= 15 is 0 Å². The van der Waals surface area contributed by atoms with Crippen molar-refractivity contribution in [1.82, 2.24) is 20.1 Å². The second-order valence-corrected chi connectivity index (χ2v) is 7.47. The molecule has 6 heteroatoms. The highest BCUT2D eigenvalue weighted by molar-refractivity contribution is 7.99.